The summed E-state index contributed by atoms with van der Waals surface area (Å²) in [6, 6.07) is 63.3. The minimum Gasteiger partial charge on any atom is -0.312 e. The first-order valence-electron chi connectivity index (χ1n) is 21.1. The second-order valence-electron chi connectivity index (χ2n) is 17.8. The molecule has 1 unspecified atom stereocenters. The molecule has 2 nitrogen and oxygen atoms in total. The largest absolute Gasteiger partial charge is 0.312 e. The lowest BCUT2D eigenvalue weighted by Crippen LogP contribution is -2.28. The standard InChI is InChI=1S/C57H48N2/c1-56(2)48-26-10-8-21-43(48)53-41(24-14-28-50(53)56)39-32-45(42-25-15-29-51-54(42)44-22-9-11-27-49(44)57(51,3)4)46-31-37-19-13-23-40(52(37)47(46)33-39)36-18-12-20-38(30-36)55(58)59-34-35-16-6-5-7-17-35/h5-30,32-33,55,59H,31,34,58H2,1-4H3. The van der Waals surface area contributed by atoms with E-state index in [0.717, 1.165) is 12.0 Å². The van der Waals surface area contributed by atoms with Gasteiger partial charge in [0, 0.05) is 17.4 Å². The Kier molecular flexibility index (Phi) is 8.11. The Labute approximate surface area is 348 Å². The SMILES string of the molecule is CC1(C)c2ccccc2-c2c(-c3cc(-c4cccc5c4-c4ccccc4C5(C)C)c4c(c3)-c3c(cccc3-c3cccc(C(N)NCc5ccccc5)c3)C4)cccc21. The van der Waals surface area contributed by atoms with Crippen molar-refractivity contribution in [2.45, 2.75) is 57.7 Å². The Balaban J connectivity index is 1.12. The molecule has 3 aliphatic carbocycles. The third-order valence-electron chi connectivity index (χ3n) is 13.8. The normalized spacial score (nSPS) is 15.1. The average molecular weight is 761 g/mol. The van der Waals surface area contributed by atoms with E-state index in [1.54, 1.807) is 0 Å². The first kappa shape index (κ1) is 35.8. The lowest BCUT2D eigenvalue weighted by molar-refractivity contribution is 0.552. The van der Waals surface area contributed by atoms with Crippen LogP contribution in [0, 0.1) is 0 Å². The van der Waals surface area contributed by atoms with Crippen molar-refractivity contribution in [2.24, 2.45) is 5.73 Å². The van der Waals surface area contributed by atoms with E-state index in [0.29, 0.717) is 6.54 Å². The highest BCUT2D eigenvalue weighted by Crippen LogP contribution is 2.57. The van der Waals surface area contributed by atoms with Crippen LogP contribution in [0.5, 0.6) is 0 Å². The maximum Gasteiger partial charge on any atom is 0.0812 e. The topological polar surface area (TPSA) is 38.0 Å². The maximum absolute atomic E-state index is 6.83. The second kappa shape index (κ2) is 13.4. The molecule has 0 heterocycles. The monoisotopic (exact) mass is 760 g/mol. The summed E-state index contributed by atoms with van der Waals surface area (Å²) in [6.07, 6.45) is 0.584. The van der Waals surface area contributed by atoms with Gasteiger partial charge in [0.1, 0.15) is 0 Å². The zero-order valence-corrected chi connectivity index (χ0v) is 34.2. The van der Waals surface area contributed by atoms with Crippen molar-refractivity contribution in [1.29, 1.82) is 0 Å². The van der Waals surface area contributed by atoms with Gasteiger partial charge >= 0.3 is 0 Å². The number of nitrogens with one attached hydrogen (secondary N) is 1. The molecule has 1 atom stereocenters. The molecule has 59 heavy (non-hydrogen) atoms. The third kappa shape index (κ3) is 5.47. The van der Waals surface area contributed by atoms with Gasteiger partial charge in [0.2, 0.25) is 0 Å². The minimum absolute atomic E-state index is 0.0847. The van der Waals surface area contributed by atoms with Crippen molar-refractivity contribution in [1.82, 2.24) is 5.32 Å². The third-order valence-corrected chi connectivity index (χ3v) is 13.8. The van der Waals surface area contributed by atoms with E-state index in [9.17, 15) is 0 Å². The summed E-state index contributed by atoms with van der Waals surface area (Å²) in [6.45, 7) is 10.2. The quantitative estimate of drug-likeness (QED) is 0.159. The Morgan fingerprint density at radius 1 is 0.458 bits per heavy atom. The van der Waals surface area contributed by atoms with Gasteiger partial charge in [0.05, 0.1) is 6.17 Å². The van der Waals surface area contributed by atoms with E-state index < -0.39 is 0 Å². The van der Waals surface area contributed by atoms with Crippen LogP contribution in [0.25, 0.3) is 66.8 Å². The summed E-state index contributed by atoms with van der Waals surface area (Å²) in [5.41, 5.74) is 33.0. The van der Waals surface area contributed by atoms with E-state index in [4.69, 9.17) is 5.73 Å². The van der Waals surface area contributed by atoms with Crippen LogP contribution in [-0.4, -0.2) is 0 Å². The number of hydrogen-bond donors (Lipinski definition) is 2. The molecule has 3 N–H and O–H groups in total. The highest BCUT2D eigenvalue weighted by atomic mass is 15.0. The number of hydrogen-bond acceptors (Lipinski definition) is 2. The van der Waals surface area contributed by atoms with Gasteiger partial charge in [-0.1, -0.05) is 179 Å². The van der Waals surface area contributed by atoms with Gasteiger partial charge in [-0.25, -0.2) is 0 Å². The first-order chi connectivity index (χ1) is 28.7. The molecule has 3 aliphatic rings. The molecule has 0 aliphatic heterocycles. The minimum atomic E-state index is -0.294. The molecular formula is C57H48N2. The Morgan fingerprint density at radius 2 is 0.983 bits per heavy atom. The van der Waals surface area contributed by atoms with E-state index in [1.807, 2.05) is 6.07 Å². The summed E-state index contributed by atoms with van der Waals surface area (Å²) in [5.74, 6) is 0. The maximum atomic E-state index is 6.83. The molecule has 11 rings (SSSR count). The zero-order valence-electron chi connectivity index (χ0n) is 34.2. The molecule has 8 aromatic rings. The van der Waals surface area contributed by atoms with Crippen LogP contribution in [0.1, 0.15) is 78.4 Å². The summed E-state index contributed by atoms with van der Waals surface area (Å²) < 4.78 is 0. The van der Waals surface area contributed by atoms with Crippen LogP contribution < -0.4 is 11.1 Å². The molecule has 286 valence electrons. The van der Waals surface area contributed by atoms with Crippen molar-refractivity contribution in [3.05, 3.63) is 214 Å². The summed E-state index contributed by atoms with van der Waals surface area (Å²) >= 11 is 0. The Hall–Kier alpha value is -6.32. The van der Waals surface area contributed by atoms with Crippen molar-refractivity contribution >= 4 is 0 Å². The van der Waals surface area contributed by atoms with E-state index in [1.165, 1.54) is 106 Å². The van der Waals surface area contributed by atoms with Crippen LogP contribution in [0.2, 0.25) is 0 Å². The molecule has 0 bridgehead atoms. The summed E-state index contributed by atoms with van der Waals surface area (Å²) in [4.78, 5) is 0. The fraction of sp³-hybridized carbons (Fsp3) is 0.158. The molecule has 0 fully saturated rings. The van der Waals surface area contributed by atoms with Gasteiger partial charge in [-0.15, -0.1) is 0 Å². The van der Waals surface area contributed by atoms with Gasteiger partial charge in [-0.3, -0.25) is 5.32 Å². The Bertz CT molecular complexity index is 2980. The zero-order chi connectivity index (χ0) is 40.0. The van der Waals surface area contributed by atoms with Crippen molar-refractivity contribution < 1.29 is 0 Å². The van der Waals surface area contributed by atoms with E-state index in [2.05, 4.69) is 197 Å². The van der Waals surface area contributed by atoms with Gasteiger partial charge in [-0.2, -0.15) is 0 Å². The summed E-state index contributed by atoms with van der Waals surface area (Å²) in [5, 5.41) is 3.56. The predicted molar refractivity (Wildman–Crippen MR) is 246 cm³/mol. The predicted octanol–water partition coefficient (Wildman–Crippen LogP) is 13.6. The highest BCUT2D eigenvalue weighted by Gasteiger charge is 2.39. The molecular weight excluding hydrogens is 713 g/mol. The lowest BCUT2D eigenvalue weighted by atomic mass is 9.80. The van der Waals surface area contributed by atoms with Crippen LogP contribution in [0.4, 0.5) is 0 Å². The number of rotatable bonds is 7. The van der Waals surface area contributed by atoms with Gasteiger partial charge in [0.25, 0.3) is 0 Å². The summed E-state index contributed by atoms with van der Waals surface area (Å²) in [7, 11) is 0. The number of nitrogens with two attached hydrogens (primary N) is 1. The van der Waals surface area contributed by atoms with Crippen LogP contribution in [-0.2, 0) is 23.8 Å². The molecule has 8 aromatic carbocycles. The molecule has 0 amide bonds. The smallest absolute Gasteiger partial charge is 0.0812 e. The van der Waals surface area contributed by atoms with Gasteiger partial charge < -0.3 is 5.73 Å². The second-order valence-corrected chi connectivity index (χ2v) is 17.8. The van der Waals surface area contributed by atoms with Crippen LogP contribution in [0.3, 0.4) is 0 Å². The molecule has 2 heteroatoms. The van der Waals surface area contributed by atoms with Gasteiger partial charge in [0.15, 0.2) is 0 Å². The lowest BCUT2D eigenvalue weighted by Gasteiger charge is -2.23. The molecule has 0 radical (unpaired) electrons. The average Bonchev–Trinajstić information content (AvgIpc) is 3.85. The van der Waals surface area contributed by atoms with Crippen molar-refractivity contribution in [3.63, 3.8) is 0 Å². The molecule has 0 spiro atoms. The Morgan fingerprint density at radius 3 is 1.68 bits per heavy atom. The first-order valence-corrected chi connectivity index (χ1v) is 21.1. The number of fused-ring (bicyclic) bond motifs is 9. The van der Waals surface area contributed by atoms with E-state index in [-0.39, 0.29) is 17.0 Å². The molecule has 0 saturated heterocycles. The fourth-order valence-corrected chi connectivity index (χ4v) is 10.8. The van der Waals surface area contributed by atoms with Crippen molar-refractivity contribution in [2.75, 3.05) is 0 Å². The number of benzene rings is 8. The highest BCUT2D eigenvalue weighted by molar-refractivity contribution is 6.02. The van der Waals surface area contributed by atoms with Crippen molar-refractivity contribution in [3.8, 4) is 66.8 Å². The van der Waals surface area contributed by atoms with Gasteiger partial charge in [-0.05, 0) is 136 Å². The molecule has 0 aromatic heterocycles. The fourth-order valence-electron chi connectivity index (χ4n) is 10.8. The van der Waals surface area contributed by atoms with Crippen LogP contribution >= 0.6 is 0 Å². The van der Waals surface area contributed by atoms with E-state index >= 15 is 0 Å². The van der Waals surface area contributed by atoms with Crippen LogP contribution in [0.15, 0.2) is 170 Å². The molecule has 0 saturated carbocycles.